The molecule has 1 aliphatic rings. The van der Waals surface area contributed by atoms with Crippen molar-refractivity contribution < 1.29 is 23.4 Å². The average Bonchev–Trinajstić information content (AvgIpc) is 3.07. The lowest BCUT2D eigenvalue weighted by molar-refractivity contribution is 0.0675. The monoisotopic (exact) mass is 409 g/mol. The third kappa shape index (κ3) is 4.11. The summed E-state index contributed by atoms with van der Waals surface area (Å²) in [5, 5.41) is 0. The first-order valence-corrected chi connectivity index (χ1v) is 8.49. The second-order valence-corrected chi connectivity index (χ2v) is 6.45. The highest BCUT2D eigenvalue weighted by Gasteiger charge is 2.21. The molecule has 0 saturated carbocycles. The summed E-state index contributed by atoms with van der Waals surface area (Å²) in [7, 11) is 1.56. The van der Waals surface area contributed by atoms with Crippen LogP contribution >= 0.6 is 15.9 Å². The van der Waals surface area contributed by atoms with E-state index in [-0.39, 0.29) is 12.4 Å². The quantitative estimate of drug-likeness (QED) is 0.730. The maximum atomic E-state index is 14.1. The van der Waals surface area contributed by atoms with Gasteiger partial charge in [-0.3, -0.25) is 4.79 Å². The van der Waals surface area contributed by atoms with Crippen LogP contribution in [-0.2, 0) is 11.3 Å². The van der Waals surface area contributed by atoms with E-state index in [9.17, 15) is 9.18 Å². The normalized spacial score (nSPS) is 12.3. The molecule has 132 valence electrons. The number of carbonyl (C=O) groups excluding carboxylic acids is 1. The molecule has 7 heteroatoms. The molecule has 1 heterocycles. The molecule has 0 N–H and O–H groups in total. The molecule has 2 aromatic rings. The summed E-state index contributed by atoms with van der Waals surface area (Å²) in [4.78, 5) is 14.4. The maximum Gasteiger partial charge on any atom is 0.257 e. The fourth-order valence-electron chi connectivity index (χ4n) is 2.55. The van der Waals surface area contributed by atoms with Crippen molar-refractivity contribution in [2.45, 2.75) is 6.54 Å². The Kier molecular flexibility index (Phi) is 5.55. The summed E-state index contributed by atoms with van der Waals surface area (Å²) in [5.74, 6) is 0.372. The molecule has 0 bridgehead atoms. The van der Waals surface area contributed by atoms with E-state index in [1.54, 1.807) is 24.1 Å². The molecule has 25 heavy (non-hydrogen) atoms. The fraction of sp³-hybridized carbons (Fsp3) is 0.278. The van der Waals surface area contributed by atoms with Gasteiger partial charge in [0.25, 0.3) is 5.91 Å². The number of fused-ring (bicyclic) bond motifs is 1. The fourth-order valence-corrected chi connectivity index (χ4v) is 2.91. The van der Waals surface area contributed by atoms with Gasteiger partial charge in [-0.2, -0.15) is 0 Å². The zero-order chi connectivity index (χ0) is 17.8. The van der Waals surface area contributed by atoms with Crippen molar-refractivity contribution in [2.24, 2.45) is 0 Å². The number of halogens is 2. The lowest BCUT2D eigenvalue weighted by Gasteiger charge is -2.23. The molecule has 2 aromatic carbocycles. The summed E-state index contributed by atoms with van der Waals surface area (Å²) in [6.07, 6.45) is 0. The summed E-state index contributed by atoms with van der Waals surface area (Å²) >= 11 is 3.27. The first kappa shape index (κ1) is 17.7. The number of ether oxygens (including phenoxy) is 3. The number of nitrogens with zero attached hydrogens (tertiary/aromatic N) is 1. The minimum atomic E-state index is -0.554. The maximum absolute atomic E-state index is 14.1. The minimum absolute atomic E-state index is 0.0196. The predicted octanol–water partition coefficient (Wildman–Crippen LogP) is 3.61. The lowest BCUT2D eigenvalue weighted by atomic mass is 10.1. The Balaban J connectivity index is 1.83. The van der Waals surface area contributed by atoms with Gasteiger partial charge in [0.2, 0.25) is 6.79 Å². The van der Waals surface area contributed by atoms with Crippen LogP contribution < -0.4 is 9.47 Å². The molecule has 3 rings (SSSR count). The van der Waals surface area contributed by atoms with Gasteiger partial charge in [0.1, 0.15) is 5.82 Å². The molecule has 0 radical (unpaired) electrons. The number of methoxy groups -OCH3 is 1. The van der Waals surface area contributed by atoms with Crippen molar-refractivity contribution >= 4 is 21.8 Å². The topological polar surface area (TPSA) is 48.0 Å². The van der Waals surface area contributed by atoms with Crippen LogP contribution in [0.1, 0.15) is 15.9 Å². The van der Waals surface area contributed by atoms with E-state index in [1.807, 2.05) is 12.1 Å². The molecule has 0 saturated heterocycles. The first-order valence-electron chi connectivity index (χ1n) is 7.70. The molecule has 1 amide bonds. The minimum Gasteiger partial charge on any atom is -0.454 e. The van der Waals surface area contributed by atoms with Crippen molar-refractivity contribution in [1.82, 2.24) is 4.90 Å². The molecule has 0 atom stereocenters. The Labute approximate surface area is 153 Å². The van der Waals surface area contributed by atoms with Crippen LogP contribution in [0.2, 0.25) is 0 Å². The smallest absolute Gasteiger partial charge is 0.257 e. The number of hydrogen-bond acceptors (Lipinski definition) is 4. The molecule has 1 aliphatic heterocycles. The van der Waals surface area contributed by atoms with Crippen LogP contribution in [0, 0.1) is 5.82 Å². The van der Waals surface area contributed by atoms with Crippen molar-refractivity contribution in [3.05, 3.63) is 57.8 Å². The van der Waals surface area contributed by atoms with Gasteiger partial charge >= 0.3 is 0 Å². The van der Waals surface area contributed by atoms with Crippen LogP contribution in [0.15, 0.2) is 40.9 Å². The van der Waals surface area contributed by atoms with E-state index in [2.05, 4.69) is 15.9 Å². The Hall–Kier alpha value is -2.12. The molecule has 0 aromatic heterocycles. The largest absolute Gasteiger partial charge is 0.454 e. The summed E-state index contributed by atoms with van der Waals surface area (Å²) < 4.78 is 30.5. The first-order chi connectivity index (χ1) is 12.1. The number of benzene rings is 2. The van der Waals surface area contributed by atoms with Crippen molar-refractivity contribution in [3.63, 3.8) is 0 Å². The van der Waals surface area contributed by atoms with Gasteiger partial charge in [-0.25, -0.2) is 4.39 Å². The highest BCUT2D eigenvalue weighted by Crippen LogP contribution is 2.33. The summed E-state index contributed by atoms with van der Waals surface area (Å²) in [6.45, 7) is 1.20. The summed E-state index contributed by atoms with van der Waals surface area (Å²) in [6, 6.07) is 9.80. The van der Waals surface area contributed by atoms with E-state index in [1.165, 1.54) is 12.1 Å². The van der Waals surface area contributed by atoms with Gasteiger partial charge < -0.3 is 19.1 Å². The van der Waals surface area contributed by atoms with Gasteiger partial charge in [-0.05, 0) is 35.9 Å². The highest BCUT2D eigenvalue weighted by molar-refractivity contribution is 9.10. The second-order valence-electron chi connectivity index (χ2n) is 5.53. The van der Waals surface area contributed by atoms with Gasteiger partial charge in [-0.1, -0.05) is 22.0 Å². The third-order valence-corrected chi connectivity index (χ3v) is 4.32. The van der Waals surface area contributed by atoms with Gasteiger partial charge in [-0.15, -0.1) is 0 Å². The molecular formula is C18H17BrFNO4. The Morgan fingerprint density at radius 1 is 1.24 bits per heavy atom. The highest BCUT2D eigenvalue weighted by atomic mass is 79.9. The van der Waals surface area contributed by atoms with Gasteiger partial charge in [0, 0.05) is 24.7 Å². The Bertz CT molecular complexity index is 784. The number of amides is 1. The number of carbonyl (C=O) groups is 1. The Morgan fingerprint density at radius 2 is 2.04 bits per heavy atom. The van der Waals surface area contributed by atoms with Gasteiger partial charge in [0.15, 0.2) is 11.5 Å². The number of rotatable bonds is 6. The van der Waals surface area contributed by atoms with E-state index in [4.69, 9.17) is 14.2 Å². The van der Waals surface area contributed by atoms with Crippen LogP contribution in [-0.4, -0.2) is 37.9 Å². The van der Waals surface area contributed by atoms with Crippen LogP contribution in [0.5, 0.6) is 11.5 Å². The second kappa shape index (κ2) is 7.84. The van der Waals surface area contributed by atoms with Crippen molar-refractivity contribution in [3.8, 4) is 11.5 Å². The molecular weight excluding hydrogens is 393 g/mol. The molecule has 0 unspecified atom stereocenters. The SMILES string of the molecule is COCCN(Cc1ccc2c(c1)OCO2)C(=O)c1cc(Br)ccc1F. The predicted molar refractivity (Wildman–Crippen MR) is 93.3 cm³/mol. The van der Waals surface area contributed by atoms with Crippen LogP contribution in [0.25, 0.3) is 0 Å². The van der Waals surface area contributed by atoms with Gasteiger partial charge in [0.05, 0.1) is 12.2 Å². The van der Waals surface area contributed by atoms with E-state index in [0.717, 1.165) is 5.56 Å². The lowest BCUT2D eigenvalue weighted by Crippen LogP contribution is -2.34. The zero-order valence-corrected chi connectivity index (χ0v) is 15.2. The average molecular weight is 410 g/mol. The molecule has 5 nitrogen and oxygen atoms in total. The van der Waals surface area contributed by atoms with Crippen molar-refractivity contribution in [2.75, 3.05) is 27.1 Å². The van der Waals surface area contributed by atoms with Crippen LogP contribution in [0.4, 0.5) is 4.39 Å². The zero-order valence-electron chi connectivity index (χ0n) is 13.6. The van der Waals surface area contributed by atoms with E-state index < -0.39 is 11.7 Å². The van der Waals surface area contributed by atoms with Crippen LogP contribution in [0.3, 0.4) is 0 Å². The summed E-state index contributed by atoms with van der Waals surface area (Å²) in [5.41, 5.74) is 0.885. The Morgan fingerprint density at radius 3 is 2.84 bits per heavy atom. The van der Waals surface area contributed by atoms with E-state index in [0.29, 0.717) is 35.7 Å². The van der Waals surface area contributed by atoms with E-state index >= 15 is 0 Å². The molecule has 0 aliphatic carbocycles. The standard InChI is InChI=1S/C18H17BrFNO4/c1-23-7-6-21(18(22)14-9-13(19)3-4-15(14)20)10-12-2-5-16-17(8-12)25-11-24-16/h2-5,8-9H,6-7,10-11H2,1H3. The van der Waals surface area contributed by atoms with Crippen molar-refractivity contribution in [1.29, 1.82) is 0 Å². The molecule has 0 fully saturated rings. The number of hydrogen-bond donors (Lipinski definition) is 0. The molecule has 0 spiro atoms. The third-order valence-electron chi connectivity index (χ3n) is 3.82.